The summed E-state index contributed by atoms with van der Waals surface area (Å²) in [5.74, 6) is 4.95. The Morgan fingerprint density at radius 1 is 0.767 bits per heavy atom. The maximum absolute atomic E-state index is 13.4. The number of aliphatic hydroxyl groups is 3. The van der Waals surface area contributed by atoms with Gasteiger partial charge in [-0.1, -0.05) is 55.0 Å². The smallest absolute Gasteiger partial charge is 0.394 e. The number of hydrogen-bond acceptors (Lipinski definition) is 23. The lowest BCUT2D eigenvalue weighted by atomic mass is 10.0. The van der Waals surface area contributed by atoms with E-state index in [0.29, 0.717) is 78.8 Å². The monoisotopic (exact) mass is 1270 g/mol. The summed E-state index contributed by atoms with van der Waals surface area (Å²) in [7, 11) is -5.01. The number of nitrogens with one attached hydrogen (secondary N) is 4. The van der Waals surface area contributed by atoms with Gasteiger partial charge in [-0.15, -0.1) is 0 Å². The van der Waals surface area contributed by atoms with E-state index in [-0.39, 0.29) is 78.5 Å². The van der Waals surface area contributed by atoms with E-state index < -0.39 is 81.2 Å². The van der Waals surface area contributed by atoms with Crippen molar-refractivity contribution >= 4 is 66.1 Å². The molecule has 3 aromatic heterocycles. The van der Waals surface area contributed by atoms with Gasteiger partial charge in [0.25, 0.3) is 5.56 Å². The number of nitrogen functional groups attached to an aromatic ring is 2. The fraction of sp³-hybridized carbons (Fsp3) is 0.500. The standard InChI is InChI=1S/C58H75N12O19P/c59-53-40(33-69(58(79)65-53)49-31-42(43(34-71)87-49)89-90(80,81)86-35-44-51(76)52(77)56(88-44)70-36-64-50-54(70)66-57(60)67-55(50)78)15-16-45(72)61-20-7-1-2-8-21-62-47(74)19-23-82-25-27-84-29-30-85-28-26-83-24-22-63-46(73)17-18-48(75)68-32-39-11-4-3-9-37(39)13-14-38-10-5-6-12-41(38)68/h3-6,9-12,15-16,33,36,42-44,49,51-52,56,71,76-77H,1-2,7-8,17-32,34-35H2,(H,61,72)(H,62,74)(H,63,73)(H,80,81)(H2,59,65,79)(H3,60,66,67,78)/b16-15+/t42-,43+,44+,49+,51+,52+,56+/m0/s1. The first-order valence-corrected chi connectivity index (χ1v) is 30.8. The number of aromatic nitrogens is 6. The minimum atomic E-state index is -5.01. The van der Waals surface area contributed by atoms with Crippen LogP contribution in [0.4, 0.5) is 17.5 Å². The number of phosphoric ester groups is 1. The Kier molecular flexibility index (Phi) is 25.6. The SMILES string of the molecule is Nc1nc2c(ncn2[C@@H]2O[C@H](COP(=O)(O)O[C@H]3C[C@H](n4cc(/C=C/C(=O)NCCCCCCNC(=O)CCOCCOCCOCCOCCNC(=O)CCC(=O)N5Cc6ccccc6C#Cc6ccccc65)c(N)nc4=O)O[C@@H]3CO)[C@@H](O)[C@H]2O)c(=O)[nH]1. The molecular formula is C58H75N12O19P. The summed E-state index contributed by atoms with van der Waals surface area (Å²) in [6.07, 6.45) is -1.76. The van der Waals surface area contributed by atoms with Gasteiger partial charge in [-0.05, 0) is 42.7 Å². The summed E-state index contributed by atoms with van der Waals surface area (Å²) in [4.78, 5) is 102. The second-order valence-corrected chi connectivity index (χ2v) is 22.3. The summed E-state index contributed by atoms with van der Waals surface area (Å²) in [6, 6.07) is 15.2. The van der Waals surface area contributed by atoms with Crippen molar-refractivity contribution in [2.75, 3.05) is 102 Å². The lowest BCUT2D eigenvalue weighted by Crippen LogP contribution is -2.34. The van der Waals surface area contributed by atoms with E-state index in [1.165, 1.54) is 18.3 Å². The number of H-pyrrole nitrogens is 1. The molecule has 0 bridgehead atoms. The summed E-state index contributed by atoms with van der Waals surface area (Å²) in [5.41, 5.74) is 13.4. The molecule has 2 aromatic carbocycles. The van der Waals surface area contributed by atoms with Crippen molar-refractivity contribution in [3.8, 4) is 11.8 Å². The largest absolute Gasteiger partial charge is 0.472 e. The summed E-state index contributed by atoms with van der Waals surface area (Å²) >= 11 is 0. The molecule has 32 heteroatoms. The number of nitrogens with zero attached hydrogens (tertiary/aromatic N) is 6. The molecule has 5 aromatic rings. The average molecular weight is 1280 g/mol. The summed E-state index contributed by atoms with van der Waals surface area (Å²) < 4.78 is 59.4. The molecule has 0 saturated carbocycles. The molecule has 486 valence electrons. The number of fused-ring (bicyclic) bond motifs is 3. The number of aliphatic hydroxyl groups excluding tert-OH is 3. The number of phosphoric acid groups is 1. The van der Waals surface area contributed by atoms with Gasteiger partial charge in [-0.25, -0.2) is 14.3 Å². The fourth-order valence-electron chi connectivity index (χ4n) is 9.77. The van der Waals surface area contributed by atoms with Gasteiger partial charge in [0.1, 0.15) is 42.6 Å². The Bertz CT molecular complexity index is 3520. The van der Waals surface area contributed by atoms with E-state index in [4.69, 9.17) is 48.9 Å². The van der Waals surface area contributed by atoms with E-state index in [0.717, 1.165) is 57.1 Å². The van der Waals surface area contributed by atoms with Crippen molar-refractivity contribution in [2.45, 2.75) is 101 Å². The molecular weight excluding hydrogens is 1200 g/mol. The van der Waals surface area contributed by atoms with Crippen LogP contribution in [0.15, 0.2) is 76.7 Å². The van der Waals surface area contributed by atoms with Gasteiger partial charge < -0.3 is 81.0 Å². The third-order valence-electron chi connectivity index (χ3n) is 14.5. The minimum absolute atomic E-state index is 0.0453. The molecule has 0 radical (unpaired) electrons. The summed E-state index contributed by atoms with van der Waals surface area (Å²) in [6.45, 7) is 2.61. The third-order valence-corrected chi connectivity index (χ3v) is 15.5. The van der Waals surface area contributed by atoms with Gasteiger partial charge in [0.05, 0.1) is 84.6 Å². The van der Waals surface area contributed by atoms with Crippen LogP contribution in [0.5, 0.6) is 0 Å². The zero-order valence-corrected chi connectivity index (χ0v) is 50.1. The van der Waals surface area contributed by atoms with E-state index in [9.17, 15) is 53.5 Å². The van der Waals surface area contributed by atoms with Gasteiger partial charge in [-0.3, -0.25) is 47.1 Å². The van der Waals surface area contributed by atoms with Gasteiger partial charge in [0.15, 0.2) is 17.4 Å². The lowest BCUT2D eigenvalue weighted by molar-refractivity contribution is -0.125. The average Bonchev–Trinajstić information content (AvgIpc) is 1.80. The molecule has 4 amide bonds. The molecule has 6 heterocycles. The van der Waals surface area contributed by atoms with E-state index in [1.807, 2.05) is 48.5 Å². The number of amides is 4. The molecule has 3 aliphatic rings. The highest BCUT2D eigenvalue weighted by atomic mass is 31.2. The first kappa shape index (κ1) is 68.1. The minimum Gasteiger partial charge on any atom is -0.394 e. The van der Waals surface area contributed by atoms with Crippen molar-refractivity contribution in [2.24, 2.45) is 0 Å². The normalized spacial score (nSPS) is 20.2. The van der Waals surface area contributed by atoms with Crippen molar-refractivity contribution in [3.05, 3.63) is 110 Å². The molecule has 8 atom stereocenters. The summed E-state index contributed by atoms with van der Waals surface area (Å²) in [5, 5.41) is 39.9. The number of imidazole rings is 1. The number of nitrogens with two attached hydrogens (primary N) is 2. The van der Waals surface area contributed by atoms with Crippen LogP contribution in [-0.2, 0) is 67.8 Å². The number of hydrogen-bond donors (Lipinski definition) is 10. The maximum Gasteiger partial charge on any atom is 0.472 e. The Morgan fingerprint density at radius 3 is 2.17 bits per heavy atom. The number of rotatable bonds is 35. The highest BCUT2D eigenvalue weighted by molar-refractivity contribution is 7.47. The Hall–Kier alpha value is -7.80. The molecule has 0 aliphatic carbocycles. The Labute approximate surface area is 515 Å². The molecule has 8 rings (SSSR count). The number of unbranched alkanes of at least 4 members (excludes halogenated alkanes) is 3. The molecule has 0 spiro atoms. The first-order valence-electron chi connectivity index (χ1n) is 29.3. The highest BCUT2D eigenvalue weighted by Gasteiger charge is 2.47. The number of benzene rings is 2. The van der Waals surface area contributed by atoms with Gasteiger partial charge >= 0.3 is 13.5 Å². The second-order valence-electron chi connectivity index (χ2n) is 20.9. The van der Waals surface area contributed by atoms with Crippen LogP contribution in [-0.4, -0.2) is 189 Å². The Morgan fingerprint density at radius 2 is 1.42 bits per heavy atom. The number of carbonyl (C=O) groups excluding carboxylic acids is 4. The molecule has 2 fully saturated rings. The van der Waals surface area contributed by atoms with Crippen LogP contribution in [0.1, 0.15) is 86.1 Å². The number of anilines is 3. The van der Waals surface area contributed by atoms with Crippen LogP contribution >= 0.6 is 7.82 Å². The molecule has 12 N–H and O–H groups in total. The third kappa shape index (κ3) is 19.6. The predicted octanol–water partition coefficient (Wildman–Crippen LogP) is 0.0476. The zero-order chi connectivity index (χ0) is 64.0. The van der Waals surface area contributed by atoms with Crippen LogP contribution < -0.4 is 43.6 Å². The second kappa shape index (κ2) is 33.9. The molecule has 1 unspecified atom stereocenters. The number of carbonyl (C=O) groups is 4. The van der Waals surface area contributed by atoms with Crippen molar-refractivity contribution in [1.82, 2.24) is 45.0 Å². The van der Waals surface area contributed by atoms with Crippen molar-refractivity contribution < 1.29 is 81.4 Å². The molecule has 31 nitrogen and oxygen atoms in total. The van der Waals surface area contributed by atoms with Crippen LogP contribution in [0.2, 0.25) is 0 Å². The van der Waals surface area contributed by atoms with Gasteiger partial charge in [0, 0.05) is 74.3 Å². The first-order chi connectivity index (χ1) is 43.5. The molecule has 90 heavy (non-hydrogen) atoms. The number of ether oxygens (including phenoxy) is 6. The van der Waals surface area contributed by atoms with Gasteiger partial charge in [0.2, 0.25) is 29.6 Å². The fourth-order valence-corrected chi connectivity index (χ4v) is 10.7. The van der Waals surface area contributed by atoms with Crippen molar-refractivity contribution in [3.63, 3.8) is 0 Å². The van der Waals surface area contributed by atoms with Crippen molar-refractivity contribution in [1.29, 1.82) is 0 Å². The molecule has 3 aliphatic heterocycles. The zero-order valence-electron chi connectivity index (χ0n) is 49.2. The number of aromatic amines is 1. The van der Waals surface area contributed by atoms with Gasteiger partial charge in [-0.2, -0.15) is 9.97 Å². The Balaban J connectivity index is 0.602. The predicted molar refractivity (Wildman–Crippen MR) is 321 cm³/mol. The van der Waals surface area contributed by atoms with Crippen LogP contribution in [0.25, 0.3) is 17.2 Å². The van der Waals surface area contributed by atoms with Crippen LogP contribution in [0.3, 0.4) is 0 Å². The number of para-hydroxylation sites is 1. The van der Waals surface area contributed by atoms with E-state index in [1.54, 1.807) is 4.90 Å². The molecule has 2 saturated heterocycles. The van der Waals surface area contributed by atoms with Crippen LogP contribution in [0, 0.1) is 11.8 Å². The topological polar surface area (TPSA) is 430 Å². The quantitative estimate of drug-likeness (QED) is 0.0111. The van der Waals surface area contributed by atoms with E-state index in [2.05, 4.69) is 47.7 Å². The van der Waals surface area contributed by atoms with E-state index >= 15 is 0 Å². The lowest BCUT2D eigenvalue weighted by Gasteiger charge is -2.26. The highest BCUT2D eigenvalue weighted by Crippen LogP contribution is 2.49. The maximum atomic E-state index is 13.4.